The highest BCUT2D eigenvalue weighted by Gasteiger charge is 2.11. The van der Waals surface area contributed by atoms with Crippen LogP contribution in [0.4, 0.5) is 0 Å². The van der Waals surface area contributed by atoms with E-state index < -0.39 is 11.9 Å². The first-order valence-corrected chi connectivity index (χ1v) is 8.91. The molecule has 0 saturated heterocycles. The van der Waals surface area contributed by atoms with Gasteiger partial charge in [-0.15, -0.1) is 0 Å². The molecule has 1 aromatic heterocycles. The lowest BCUT2D eigenvalue weighted by molar-refractivity contribution is 0.0600. The fraction of sp³-hybridized carbons (Fsp3) is 0.143. The van der Waals surface area contributed by atoms with Crippen LogP contribution in [0.15, 0.2) is 59.7 Å². The highest BCUT2D eigenvalue weighted by atomic mass is 16.5. The first-order valence-electron chi connectivity index (χ1n) is 8.91. The number of H-pyrrole nitrogens is 1. The minimum Gasteiger partial charge on any atom is -0.494 e. The number of rotatable bonds is 7. The van der Waals surface area contributed by atoms with Gasteiger partial charge in [-0.2, -0.15) is 10.2 Å². The Hall–Kier alpha value is -3.94. The second-order valence-electron chi connectivity index (χ2n) is 5.94. The summed E-state index contributed by atoms with van der Waals surface area (Å²) < 4.78 is 10.1. The third-order valence-electron chi connectivity index (χ3n) is 3.97. The van der Waals surface area contributed by atoms with Gasteiger partial charge in [0.15, 0.2) is 0 Å². The van der Waals surface area contributed by atoms with Crippen molar-refractivity contribution in [3.8, 4) is 17.0 Å². The molecule has 8 heteroatoms. The Morgan fingerprint density at radius 3 is 2.69 bits per heavy atom. The van der Waals surface area contributed by atoms with E-state index in [0.29, 0.717) is 17.9 Å². The third-order valence-corrected chi connectivity index (χ3v) is 3.97. The zero-order valence-corrected chi connectivity index (χ0v) is 16.0. The van der Waals surface area contributed by atoms with E-state index in [0.717, 1.165) is 16.9 Å². The Balaban J connectivity index is 1.62. The van der Waals surface area contributed by atoms with E-state index in [2.05, 4.69) is 25.5 Å². The van der Waals surface area contributed by atoms with Crippen LogP contribution in [0.1, 0.15) is 33.3 Å². The molecule has 1 heterocycles. The van der Waals surface area contributed by atoms with Gasteiger partial charge in [-0.1, -0.05) is 24.3 Å². The second-order valence-corrected chi connectivity index (χ2v) is 5.94. The number of esters is 1. The lowest BCUT2D eigenvalue weighted by atomic mass is 10.1. The van der Waals surface area contributed by atoms with Crippen LogP contribution in [0.3, 0.4) is 0 Å². The molecule has 0 aliphatic carbocycles. The Bertz CT molecular complexity index is 1030. The van der Waals surface area contributed by atoms with E-state index in [1.165, 1.54) is 13.3 Å². The topological polar surface area (TPSA) is 106 Å². The van der Waals surface area contributed by atoms with Gasteiger partial charge in [0, 0.05) is 5.56 Å². The first kappa shape index (κ1) is 19.8. The summed E-state index contributed by atoms with van der Waals surface area (Å²) in [5.41, 5.74) is 5.33. The van der Waals surface area contributed by atoms with Crippen molar-refractivity contribution in [1.82, 2.24) is 15.6 Å². The van der Waals surface area contributed by atoms with Crippen molar-refractivity contribution >= 4 is 18.1 Å². The maximum absolute atomic E-state index is 12.2. The van der Waals surface area contributed by atoms with Crippen molar-refractivity contribution in [2.75, 3.05) is 13.7 Å². The molecular weight excluding hydrogens is 372 g/mol. The van der Waals surface area contributed by atoms with Crippen molar-refractivity contribution in [3.63, 3.8) is 0 Å². The summed E-state index contributed by atoms with van der Waals surface area (Å²) in [7, 11) is 1.32. The number of aromatic amines is 1. The smallest absolute Gasteiger partial charge is 0.337 e. The normalized spacial score (nSPS) is 10.7. The van der Waals surface area contributed by atoms with E-state index in [9.17, 15) is 9.59 Å². The van der Waals surface area contributed by atoms with Crippen LogP contribution in [0.25, 0.3) is 11.3 Å². The van der Waals surface area contributed by atoms with E-state index in [1.54, 1.807) is 30.3 Å². The van der Waals surface area contributed by atoms with Gasteiger partial charge in [0.05, 0.1) is 31.2 Å². The van der Waals surface area contributed by atoms with Crippen molar-refractivity contribution in [1.29, 1.82) is 0 Å². The molecule has 1 amide bonds. The molecule has 3 aromatic rings. The standard InChI is InChI=1S/C21H20N4O4/c1-3-29-17-6-4-5-16(11-17)18-12-19(24-23-18)20(26)25-22-13-14-7-9-15(10-8-14)21(27)28-2/h4-13H,3H2,1-2H3,(H,23,24)(H,25,26)/b22-13-. The molecule has 0 aliphatic heterocycles. The van der Waals surface area contributed by atoms with Crippen LogP contribution in [-0.2, 0) is 4.74 Å². The molecule has 0 atom stereocenters. The fourth-order valence-electron chi connectivity index (χ4n) is 2.55. The van der Waals surface area contributed by atoms with Gasteiger partial charge in [-0.05, 0) is 42.8 Å². The summed E-state index contributed by atoms with van der Waals surface area (Å²) >= 11 is 0. The monoisotopic (exact) mass is 392 g/mol. The third kappa shape index (κ3) is 5.07. The molecule has 29 heavy (non-hydrogen) atoms. The molecule has 0 aliphatic rings. The molecule has 0 spiro atoms. The zero-order chi connectivity index (χ0) is 20.6. The predicted octanol–water partition coefficient (Wildman–Crippen LogP) is 3.03. The summed E-state index contributed by atoms with van der Waals surface area (Å²) in [6.45, 7) is 2.48. The van der Waals surface area contributed by atoms with Gasteiger partial charge in [0.25, 0.3) is 5.91 Å². The van der Waals surface area contributed by atoms with Gasteiger partial charge in [0.1, 0.15) is 11.4 Å². The van der Waals surface area contributed by atoms with Crippen molar-refractivity contribution in [2.24, 2.45) is 5.10 Å². The number of methoxy groups -OCH3 is 1. The van der Waals surface area contributed by atoms with Crippen molar-refractivity contribution in [3.05, 3.63) is 71.4 Å². The van der Waals surface area contributed by atoms with Crippen LogP contribution in [0.2, 0.25) is 0 Å². The number of amides is 1. The molecule has 3 rings (SSSR count). The lowest BCUT2D eigenvalue weighted by Crippen LogP contribution is -2.18. The number of hydrazone groups is 1. The molecule has 148 valence electrons. The number of aromatic nitrogens is 2. The van der Waals surface area contributed by atoms with Gasteiger partial charge in [0.2, 0.25) is 0 Å². The zero-order valence-electron chi connectivity index (χ0n) is 16.0. The Morgan fingerprint density at radius 2 is 1.97 bits per heavy atom. The van der Waals surface area contributed by atoms with Crippen molar-refractivity contribution < 1.29 is 19.1 Å². The molecule has 0 fully saturated rings. The largest absolute Gasteiger partial charge is 0.494 e. The van der Waals surface area contributed by atoms with Crippen LogP contribution < -0.4 is 10.2 Å². The minimum absolute atomic E-state index is 0.278. The molecule has 8 nitrogen and oxygen atoms in total. The Kier molecular flexibility index (Phi) is 6.36. The molecule has 0 saturated carbocycles. The highest BCUT2D eigenvalue weighted by Crippen LogP contribution is 2.22. The van der Waals surface area contributed by atoms with Crippen LogP contribution in [0, 0.1) is 0 Å². The Morgan fingerprint density at radius 1 is 1.17 bits per heavy atom. The number of hydrogen-bond acceptors (Lipinski definition) is 6. The minimum atomic E-state index is -0.424. The van der Waals surface area contributed by atoms with Crippen LogP contribution in [0.5, 0.6) is 5.75 Å². The average molecular weight is 392 g/mol. The number of ether oxygens (including phenoxy) is 2. The molecule has 0 unspecified atom stereocenters. The number of nitrogens with zero attached hydrogens (tertiary/aromatic N) is 2. The molecule has 2 N–H and O–H groups in total. The lowest BCUT2D eigenvalue weighted by Gasteiger charge is -2.03. The predicted molar refractivity (Wildman–Crippen MR) is 108 cm³/mol. The molecule has 2 aromatic carbocycles. The van der Waals surface area contributed by atoms with E-state index in [-0.39, 0.29) is 5.69 Å². The van der Waals surface area contributed by atoms with E-state index in [4.69, 9.17) is 4.74 Å². The average Bonchev–Trinajstić information content (AvgIpc) is 3.24. The number of carbonyl (C=O) groups excluding carboxylic acids is 2. The molecule has 0 radical (unpaired) electrons. The summed E-state index contributed by atoms with van der Waals surface area (Å²) in [6, 6.07) is 15.7. The SMILES string of the molecule is CCOc1cccc(-c2cc(C(=O)N/N=C\c3ccc(C(=O)OC)cc3)[nH]n2)c1. The summed E-state index contributed by atoms with van der Waals surface area (Å²) in [4.78, 5) is 23.7. The summed E-state index contributed by atoms with van der Waals surface area (Å²) in [5, 5.41) is 10.8. The quantitative estimate of drug-likeness (QED) is 0.365. The van der Waals surface area contributed by atoms with E-state index in [1.807, 2.05) is 31.2 Å². The van der Waals surface area contributed by atoms with Crippen molar-refractivity contribution in [2.45, 2.75) is 6.92 Å². The van der Waals surface area contributed by atoms with Gasteiger partial charge < -0.3 is 9.47 Å². The number of nitrogens with one attached hydrogen (secondary N) is 2. The summed E-state index contributed by atoms with van der Waals surface area (Å²) in [6.07, 6.45) is 1.47. The van der Waals surface area contributed by atoms with Crippen LogP contribution in [-0.4, -0.2) is 42.0 Å². The van der Waals surface area contributed by atoms with Crippen LogP contribution >= 0.6 is 0 Å². The number of hydrogen-bond donors (Lipinski definition) is 2. The highest BCUT2D eigenvalue weighted by molar-refractivity contribution is 5.94. The molecule has 0 bridgehead atoms. The fourth-order valence-corrected chi connectivity index (χ4v) is 2.55. The van der Waals surface area contributed by atoms with Gasteiger partial charge >= 0.3 is 5.97 Å². The van der Waals surface area contributed by atoms with E-state index >= 15 is 0 Å². The van der Waals surface area contributed by atoms with Gasteiger partial charge in [-0.3, -0.25) is 9.89 Å². The summed E-state index contributed by atoms with van der Waals surface area (Å²) in [5.74, 6) is -0.0994. The molecular formula is C21H20N4O4. The van der Waals surface area contributed by atoms with Gasteiger partial charge in [-0.25, -0.2) is 10.2 Å². The number of carbonyl (C=O) groups is 2. The maximum atomic E-state index is 12.2. The number of benzene rings is 2. The first-order chi connectivity index (χ1) is 14.1. The maximum Gasteiger partial charge on any atom is 0.337 e. The Labute approximate surface area is 167 Å². The second kappa shape index (κ2) is 9.32.